The van der Waals surface area contributed by atoms with Gasteiger partial charge in [-0.1, -0.05) is 19.9 Å². The maximum absolute atomic E-state index is 13.3. The highest BCUT2D eigenvalue weighted by Crippen LogP contribution is 2.49. The number of aromatic nitrogens is 1. The standard InChI is InChI=1S/C22H22BrN3O2S/c1-12-18(21(28)26-17-6-4-5-9-24-17)20(15-7-8-16(23)29-15)19-13(25-12)10-22(2,3)11-14(19)27/h4-9,18,20H,10-11H2,1-3H3,(H,24,26,28). The minimum absolute atomic E-state index is 0.0951. The summed E-state index contributed by atoms with van der Waals surface area (Å²) in [6.45, 7) is 6.07. The highest BCUT2D eigenvalue weighted by Gasteiger charge is 2.45. The number of carbonyl (C=O) groups excluding carboxylic acids is 2. The topological polar surface area (TPSA) is 71.4 Å². The zero-order valence-corrected chi connectivity index (χ0v) is 18.9. The van der Waals surface area contributed by atoms with Crippen molar-refractivity contribution in [3.63, 3.8) is 0 Å². The first-order valence-electron chi connectivity index (χ1n) is 9.54. The number of hydrogen-bond donors (Lipinski definition) is 1. The van der Waals surface area contributed by atoms with Gasteiger partial charge in [-0.05, 0) is 59.0 Å². The molecule has 0 bridgehead atoms. The fourth-order valence-electron chi connectivity index (χ4n) is 4.23. The van der Waals surface area contributed by atoms with Crippen LogP contribution in [0.3, 0.4) is 0 Å². The van der Waals surface area contributed by atoms with Gasteiger partial charge in [0.2, 0.25) is 5.91 Å². The Kier molecular flexibility index (Phi) is 5.29. The van der Waals surface area contributed by atoms with E-state index < -0.39 is 5.92 Å². The number of allylic oxidation sites excluding steroid dienone is 2. The number of rotatable bonds is 3. The van der Waals surface area contributed by atoms with Crippen molar-refractivity contribution in [2.24, 2.45) is 16.3 Å². The first kappa shape index (κ1) is 20.2. The number of ketones is 1. The van der Waals surface area contributed by atoms with Crippen LogP contribution in [0.1, 0.15) is 44.4 Å². The highest BCUT2D eigenvalue weighted by atomic mass is 79.9. The number of Topliss-reactive ketones (excluding diaryl/α,β-unsaturated/α-hetero) is 1. The van der Waals surface area contributed by atoms with Crippen molar-refractivity contribution < 1.29 is 9.59 Å². The molecule has 2 unspecified atom stereocenters. The minimum Gasteiger partial charge on any atom is -0.310 e. The molecule has 0 aromatic carbocycles. The average molecular weight is 472 g/mol. The summed E-state index contributed by atoms with van der Waals surface area (Å²) >= 11 is 5.08. The fourth-order valence-corrected chi connectivity index (χ4v) is 5.80. The Hall–Kier alpha value is -2.12. The smallest absolute Gasteiger partial charge is 0.235 e. The molecule has 29 heavy (non-hydrogen) atoms. The Morgan fingerprint density at radius 1 is 1.24 bits per heavy atom. The number of anilines is 1. The van der Waals surface area contributed by atoms with E-state index in [-0.39, 0.29) is 23.0 Å². The molecule has 3 heterocycles. The molecule has 2 atom stereocenters. The van der Waals surface area contributed by atoms with Gasteiger partial charge in [0.25, 0.3) is 0 Å². The first-order valence-corrected chi connectivity index (χ1v) is 11.1. The molecule has 1 aliphatic heterocycles. The first-order chi connectivity index (χ1) is 13.7. The van der Waals surface area contributed by atoms with Gasteiger partial charge in [0, 0.05) is 40.4 Å². The fraction of sp³-hybridized carbons (Fsp3) is 0.364. The molecule has 0 spiro atoms. The molecule has 0 radical (unpaired) electrons. The molecule has 4 rings (SSSR count). The molecule has 7 heteroatoms. The molecule has 1 amide bonds. The Morgan fingerprint density at radius 2 is 2.03 bits per heavy atom. The number of amides is 1. The lowest BCUT2D eigenvalue weighted by molar-refractivity contribution is -0.119. The summed E-state index contributed by atoms with van der Waals surface area (Å²) in [6.07, 6.45) is 2.85. The van der Waals surface area contributed by atoms with Gasteiger partial charge in [-0.15, -0.1) is 11.3 Å². The Labute approximate surface area is 182 Å². The van der Waals surface area contributed by atoms with Gasteiger partial charge >= 0.3 is 0 Å². The van der Waals surface area contributed by atoms with E-state index in [9.17, 15) is 9.59 Å². The number of nitrogens with one attached hydrogen (secondary N) is 1. The van der Waals surface area contributed by atoms with Gasteiger partial charge in [0.05, 0.1) is 9.70 Å². The molecule has 2 aromatic heterocycles. The largest absolute Gasteiger partial charge is 0.310 e. The number of pyridine rings is 1. The monoisotopic (exact) mass is 471 g/mol. The minimum atomic E-state index is -0.550. The van der Waals surface area contributed by atoms with Crippen LogP contribution in [0.2, 0.25) is 0 Å². The average Bonchev–Trinajstić information content (AvgIpc) is 3.06. The van der Waals surface area contributed by atoms with E-state index in [0.29, 0.717) is 17.8 Å². The Bertz CT molecular complexity index is 1040. The summed E-state index contributed by atoms with van der Waals surface area (Å²) in [4.78, 5) is 36.5. The van der Waals surface area contributed by atoms with Crippen molar-refractivity contribution in [1.82, 2.24) is 4.98 Å². The molecule has 150 valence electrons. The van der Waals surface area contributed by atoms with Crippen LogP contribution in [0.4, 0.5) is 5.82 Å². The molecule has 1 N–H and O–H groups in total. The lowest BCUT2D eigenvalue weighted by Crippen LogP contribution is -2.40. The van der Waals surface area contributed by atoms with Crippen LogP contribution in [-0.2, 0) is 9.59 Å². The second-order valence-electron chi connectivity index (χ2n) is 8.36. The second-order valence-corrected chi connectivity index (χ2v) is 10.9. The van der Waals surface area contributed by atoms with Gasteiger partial charge in [0.1, 0.15) is 5.82 Å². The van der Waals surface area contributed by atoms with Gasteiger partial charge in [-0.3, -0.25) is 14.6 Å². The summed E-state index contributed by atoms with van der Waals surface area (Å²) < 4.78 is 0.974. The molecule has 2 aliphatic rings. The van der Waals surface area contributed by atoms with Crippen molar-refractivity contribution in [1.29, 1.82) is 0 Å². The van der Waals surface area contributed by atoms with Crippen LogP contribution in [-0.4, -0.2) is 22.4 Å². The summed E-state index contributed by atoms with van der Waals surface area (Å²) in [5.74, 6) is -0.480. The maximum atomic E-state index is 13.3. The third-order valence-corrected chi connectivity index (χ3v) is 7.11. The van der Waals surface area contributed by atoms with Crippen molar-refractivity contribution in [3.8, 4) is 0 Å². The maximum Gasteiger partial charge on any atom is 0.235 e. The summed E-state index contributed by atoms with van der Waals surface area (Å²) in [7, 11) is 0. The zero-order chi connectivity index (χ0) is 20.8. The van der Waals surface area contributed by atoms with E-state index in [2.05, 4.69) is 40.1 Å². The molecule has 0 fully saturated rings. The molecule has 1 aliphatic carbocycles. The molecule has 0 saturated heterocycles. The van der Waals surface area contributed by atoms with Gasteiger partial charge < -0.3 is 5.32 Å². The predicted molar refractivity (Wildman–Crippen MR) is 119 cm³/mol. The van der Waals surface area contributed by atoms with Gasteiger partial charge in [-0.2, -0.15) is 0 Å². The van der Waals surface area contributed by atoms with Crippen LogP contribution < -0.4 is 5.32 Å². The van der Waals surface area contributed by atoms with E-state index in [1.165, 1.54) is 0 Å². The summed E-state index contributed by atoms with van der Waals surface area (Å²) in [5.41, 5.74) is 2.14. The van der Waals surface area contributed by atoms with Crippen molar-refractivity contribution in [2.45, 2.75) is 39.5 Å². The number of hydrogen-bond acceptors (Lipinski definition) is 5. The van der Waals surface area contributed by atoms with Crippen LogP contribution in [0.25, 0.3) is 0 Å². The SMILES string of the molecule is CC1=NC2=C(C(=O)CC(C)(C)C2)C(c2ccc(Br)s2)C1C(=O)Nc1ccccn1. The van der Waals surface area contributed by atoms with Crippen LogP contribution in [0.5, 0.6) is 0 Å². The van der Waals surface area contributed by atoms with Gasteiger partial charge in [-0.25, -0.2) is 4.98 Å². The Morgan fingerprint density at radius 3 is 2.69 bits per heavy atom. The second kappa shape index (κ2) is 7.61. The van der Waals surface area contributed by atoms with E-state index >= 15 is 0 Å². The molecule has 0 saturated carbocycles. The van der Waals surface area contributed by atoms with E-state index in [1.54, 1.807) is 29.7 Å². The lowest BCUT2D eigenvalue weighted by Gasteiger charge is -2.38. The predicted octanol–water partition coefficient (Wildman–Crippen LogP) is 5.36. The zero-order valence-electron chi connectivity index (χ0n) is 16.5. The third kappa shape index (κ3) is 3.98. The number of carbonyl (C=O) groups is 2. The normalized spacial score (nSPS) is 23.4. The van der Waals surface area contributed by atoms with E-state index in [1.807, 2.05) is 25.1 Å². The Balaban J connectivity index is 1.79. The van der Waals surface area contributed by atoms with E-state index in [4.69, 9.17) is 4.99 Å². The third-order valence-electron chi connectivity index (χ3n) is 5.40. The van der Waals surface area contributed by atoms with Crippen LogP contribution >= 0.6 is 27.3 Å². The number of thiophene rings is 1. The van der Waals surface area contributed by atoms with Crippen molar-refractivity contribution >= 4 is 50.5 Å². The summed E-state index contributed by atoms with van der Waals surface area (Å²) in [5, 5.41) is 2.90. The van der Waals surface area contributed by atoms with Crippen molar-refractivity contribution in [2.75, 3.05) is 5.32 Å². The van der Waals surface area contributed by atoms with E-state index in [0.717, 1.165) is 26.5 Å². The molecule has 5 nitrogen and oxygen atoms in total. The molecule has 2 aromatic rings. The quantitative estimate of drug-likeness (QED) is 0.654. The molecular weight excluding hydrogens is 450 g/mol. The number of nitrogens with zero attached hydrogens (tertiary/aromatic N) is 2. The van der Waals surface area contributed by atoms with Crippen molar-refractivity contribution in [3.05, 3.63) is 56.5 Å². The summed E-state index contributed by atoms with van der Waals surface area (Å²) in [6, 6.07) is 9.34. The van der Waals surface area contributed by atoms with Crippen LogP contribution in [0, 0.1) is 11.3 Å². The lowest BCUT2D eigenvalue weighted by atomic mass is 9.68. The number of halogens is 1. The van der Waals surface area contributed by atoms with Crippen LogP contribution in [0.15, 0.2) is 56.6 Å². The highest BCUT2D eigenvalue weighted by molar-refractivity contribution is 9.11. The number of aliphatic imine (C=N–C) groups is 1. The van der Waals surface area contributed by atoms with Gasteiger partial charge in [0.15, 0.2) is 5.78 Å². The molecular formula is C22H22BrN3O2S.